The smallest absolute Gasteiger partial charge is 0.183 e. The fraction of sp³-hybridized carbons (Fsp3) is 0.188. The van der Waals surface area contributed by atoms with Crippen molar-refractivity contribution in [3.8, 4) is 6.07 Å². The molecule has 22 heavy (non-hydrogen) atoms. The maximum atomic E-state index is 9.21. The molecule has 0 bridgehead atoms. The summed E-state index contributed by atoms with van der Waals surface area (Å²) in [6.45, 7) is 1.50. The molecule has 0 saturated heterocycles. The number of rotatable bonds is 1. The third kappa shape index (κ3) is 2.00. The molecule has 0 spiro atoms. The van der Waals surface area contributed by atoms with E-state index >= 15 is 0 Å². The van der Waals surface area contributed by atoms with Crippen molar-refractivity contribution in [2.75, 3.05) is 11.4 Å². The molecule has 1 N–H and O–H groups in total. The molecule has 2 aromatic heterocycles. The third-order valence-corrected chi connectivity index (χ3v) is 4.26. The number of hydrogen-bond acceptors (Lipinski definition) is 4. The Morgan fingerprint density at radius 1 is 1.27 bits per heavy atom. The van der Waals surface area contributed by atoms with Crippen molar-refractivity contribution in [3.63, 3.8) is 0 Å². The van der Waals surface area contributed by atoms with Crippen LogP contribution in [-0.4, -0.2) is 21.5 Å². The lowest BCUT2D eigenvalue weighted by molar-refractivity contribution is 0.712. The van der Waals surface area contributed by atoms with Crippen LogP contribution in [0.5, 0.6) is 0 Å². The fourth-order valence-corrected chi connectivity index (χ4v) is 3.18. The highest BCUT2D eigenvalue weighted by atomic mass is 35.5. The molecule has 0 saturated carbocycles. The number of nitrogens with one attached hydrogen (secondary N) is 1. The van der Waals surface area contributed by atoms with Gasteiger partial charge in [-0.3, -0.25) is 0 Å². The predicted octanol–water partition coefficient (Wildman–Crippen LogP) is 3.05. The Morgan fingerprint density at radius 2 is 2.14 bits per heavy atom. The maximum Gasteiger partial charge on any atom is 0.183 e. The SMILES string of the molecule is N#Cc1nccnc1N1CCc2[nH]c3ccc(Cl)cc3c2C1. The number of nitrogens with zero attached hydrogens (tertiary/aromatic N) is 4. The molecular formula is C16H12ClN5. The van der Waals surface area contributed by atoms with Gasteiger partial charge in [-0.1, -0.05) is 11.6 Å². The minimum absolute atomic E-state index is 0.365. The lowest BCUT2D eigenvalue weighted by Gasteiger charge is -2.28. The van der Waals surface area contributed by atoms with E-state index in [2.05, 4.69) is 25.9 Å². The van der Waals surface area contributed by atoms with Crippen LogP contribution in [0, 0.1) is 11.3 Å². The molecule has 0 fully saturated rings. The van der Waals surface area contributed by atoms with Gasteiger partial charge in [-0.2, -0.15) is 5.26 Å². The summed E-state index contributed by atoms with van der Waals surface area (Å²) in [6, 6.07) is 7.99. The highest BCUT2D eigenvalue weighted by molar-refractivity contribution is 6.31. The third-order valence-electron chi connectivity index (χ3n) is 4.02. The summed E-state index contributed by atoms with van der Waals surface area (Å²) < 4.78 is 0. The van der Waals surface area contributed by atoms with Crippen LogP contribution in [0.4, 0.5) is 5.82 Å². The molecule has 4 rings (SSSR count). The second-order valence-electron chi connectivity index (χ2n) is 5.28. The summed E-state index contributed by atoms with van der Waals surface area (Å²) >= 11 is 6.13. The van der Waals surface area contributed by atoms with E-state index in [9.17, 15) is 5.26 Å². The van der Waals surface area contributed by atoms with Gasteiger partial charge in [-0.25, -0.2) is 9.97 Å². The molecule has 108 valence electrons. The van der Waals surface area contributed by atoms with Gasteiger partial charge in [-0.05, 0) is 18.2 Å². The van der Waals surface area contributed by atoms with Gasteiger partial charge in [0.1, 0.15) is 6.07 Å². The van der Waals surface area contributed by atoms with Gasteiger partial charge in [0.05, 0.1) is 0 Å². The Balaban J connectivity index is 1.79. The van der Waals surface area contributed by atoms with Crippen LogP contribution < -0.4 is 4.90 Å². The van der Waals surface area contributed by atoms with E-state index in [1.807, 2.05) is 18.2 Å². The van der Waals surface area contributed by atoms with Crippen LogP contribution in [0.25, 0.3) is 10.9 Å². The first kappa shape index (κ1) is 13.1. The van der Waals surface area contributed by atoms with Crippen LogP contribution >= 0.6 is 11.6 Å². The first-order chi connectivity index (χ1) is 10.8. The van der Waals surface area contributed by atoms with Crippen LogP contribution in [0.1, 0.15) is 17.0 Å². The normalized spacial score (nSPS) is 13.9. The number of halogens is 1. The molecule has 3 aromatic rings. The number of fused-ring (bicyclic) bond motifs is 3. The summed E-state index contributed by atoms with van der Waals surface area (Å²) in [4.78, 5) is 14.0. The molecule has 3 heterocycles. The lowest BCUT2D eigenvalue weighted by Crippen LogP contribution is -2.31. The molecule has 1 aliphatic heterocycles. The van der Waals surface area contributed by atoms with E-state index in [1.54, 1.807) is 12.4 Å². The summed E-state index contributed by atoms with van der Waals surface area (Å²) in [5.74, 6) is 0.645. The standard InChI is InChI=1S/C16H12ClN5/c17-10-1-2-13-11(7-10)12-9-22(6-3-14(12)21-13)16-15(8-18)19-4-5-20-16/h1-2,4-5,7,21H,3,6,9H2. The molecule has 5 nitrogen and oxygen atoms in total. The van der Waals surface area contributed by atoms with Crippen molar-refractivity contribution >= 4 is 28.3 Å². The number of aromatic amines is 1. The Hall–Kier alpha value is -2.58. The highest BCUT2D eigenvalue weighted by Crippen LogP contribution is 2.31. The Labute approximate surface area is 132 Å². The number of hydrogen-bond donors (Lipinski definition) is 1. The van der Waals surface area contributed by atoms with E-state index in [-0.39, 0.29) is 0 Å². The number of benzene rings is 1. The molecule has 1 aliphatic rings. The van der Waals surface area contributed by atoms with Gasteiger partial charge in [-0.15, -0.1) is 0 Å². The van der Waals surface area contributed by atoms with Crippen molar-refractivity contribution in [3.05, 3.63) is 52.6 Å². The highest BCUT2D eigenvalue weighted by Gasteiger charge is 2.23. The van der Waals surface area contributed by atoms with Gasteiger partial charge in [0, 0.05) is 59.1 Å². The lowest BCUT2D eigenvalue weighted by atomic mass is 10.0. The number of aromatic nitrogens is 3. The summed E-state index contributed by atoms with van der Waals surface area (Å²) in [7, 11) is 0. The summed E-state index contributed by atoms with van der Waals surface area (Å²) in [5.41, 5.74) is 3.91. The number of nitriles is 1. The molecule has 0 unspecified atom stereocenters. The largest absolute Gasteiger partial charge is 0.358 e. The quantitative estimate of drug-likeness (QED) is 0.750. The van der Waals surface area contributed by atoms with E-state index in [0.717, 1.165) is 28.9 Å². The minimum atomic E-state index is 0.365. The first-order valence-electron chi connectivity index (χ1n) is 7.01. The van der Waals surface area contributed by atoms with Crippen molar-refractivity contribution in [1.29, 1.82) is 5.26 Å². The zero-order chi connectivity index (χ0) is 15.1. The van der Waals surface area contributed by atoms with Crippen LogP contribution in [0.2, 0.25) is 5.02 Å². The van der Waals surface area contributed by atoms with Crippen molar-refractivity contribution < 1.29 is 0 Å². The van der Waals surface area contributed by atoms with E-state index < -0.39 is 0 Å². The first-order valence-corrected chi connectivity index (χ1v) is 7.39. The average Bonchev–Trinajstić information content (AvgIpc) is 2.92. The molecular weight excluding hydrogens is 298 g/mol. The van der Waals surface area contributed by atoms with Crippen molar-refractivity contribution in [2.45, 2.75) is 13.0 Å². The monoisotopic (exact) mass is 309 g/mol. The van der Waals surface area contributed by atoms with Gasteiger partial charge < -0.3 is 9.88 Å². The Bertz CT molecular complexity index is 909. The molecule has 0 amide bonds. The second-order valence-corrected chi connectivity index (χ2v) is 5.72. The van der Waals surface area contributed by atoms with Gasteiger partial charge in [0.25, 0.3) is 0 Å². The molecule has 0 radical (unpaired) electrons. The number of H-pyrrole nitrogens is 1. The second kappa shape index (κ2) is 5.00. The van der Waals surface area contributed by atoms with E-state index in [1.165, 1.54) is 11.3 Å². The fourth-order valence-electron chi connectivity index (χ4n) is 3.01. The van der Waals surface area contributed by atoms with E-state index in [0.29, 0.717) is 18.1 Å². The van der Waals surface area contributed by atoms with Crippen LogP contribution in [0.3, 0.4) is 0 Å². The predicted molar refractivity (Wildman–Crippen MR) is 84.8 cm³/mol. The van der Waals surface area contributed by atoms with Crippen LogP contribution in [0.15, 0.2) is 30.6 Å². The average molecular weight is 310 g/mol. The van der Waals surface area contributed by atoms with Crippen molar-refractivity contribution in [2.24, 2.45) is 0 Å². The van der Waals surface area contributed by atoms with Gasteiger partial charge in [0.15, 0.2) is 11.5 Å². The van der Waals surface area contributed by atoms with Crippen molar-refractivity contribution in [1.82, 2.24) is 15.0 Å². The minimum Gasteiger partial charge on any atom is -0.358 e. The molecule has 1 aromatic carbocycles. The zero-order valence-corrected chi connectivity index (χ0v) is 12.4. The topological polar surface area (TPSA) is 68.6 Å². The molecule has 6 heteroatoms. The molecule has 0 atom stereocenters. The zero-order valence-electron chi connectivity index (χ0n) is 11.7. The van der Waals surface area contributed by atoms with Gasteiger partial charge in [0.2, 0.25) is 0 Å². The van der Waals surface area contributed by atoms with E-state index in [4.69, 9.17) is 11.6 Å². The van der Waals surface area contributed by atoms with Gasteiger partial charge >= 0.3 is 0 Å². The Morgan fingerprint density at radius 3 is 3.00 bits per heavy atom. The summed E-state index contributed by atoms with van der Waals surface area (Å²) in [6.07, 6.45) is 4.05. The maximum absolute atomic E-state index is 9.21. The number of anilines is 1. The Kier molecular flexibility index (Phi) is 2.98. The molecule has 0 aliphatic carbocycles. The van der Waals surface area contributed by atoms with Crippen LogP contribution in [-0.2, 0) is 13.0 Å². The summed E-state index contributed by atoms with van der Waals surface area (Å²) in [5, 5.41) is 11.1.